The van der Waals surface area contributed by atoms with Gasteiger partial charge >= 0.3 is 0 Å². The summed E-state index contributed by atoms with van der Waals surface area (Å²) in [5.41, 5.74) is 4.09. The number of hydrazone groups is 1. The minimum absolute atomic E-state index is 0.114. The Labute approximate surface area is 141 Å². The summed E-state index contributed by atoms with van der Waals surface area (Å²) in [5.74, 6) is 1.54. The van der Waals surface area contributed by atoms with Crippen LogP contribution < -0.4 is 10.2 Å². The van der Waals surface area contributed by atoms with Gasteiger partial charge in [0.05, 0.1) is 11.2 Å². The summed E-state index contributed by atoms with van der Waals surface area (Å²) < 4.78 is 5.37. The van der Waals surface area contributed by atoms with Crippen LogP contribution in [-0.4, -0.2) is 18.7 Å². The molecule has 4 rings (SSSR count). The molecule has 2 bridgehead atoms. The Morgan fingerprint density at radius 1 is 1.48 bits per heavy atom. The van der Waals surface area contributed by atoms with Gasteiger partial charge < -0.3 is 4.74 Å². The van der Waals surface area contributed by atoms with Gasteiger partial charge in [0, 0.05) is 0 Å². The van der Waals surface area contributed by atoms with Crippen LogP contribution in [0, 0.1) is 17.3 Å². The molecule has 0 saturated heterocycles. The van der Waals surface area contributed by atoms with E-state index in [4.69, 9.17) is 16.3 Å². The number of carbonyl (C=O) groups excluding carboxylic acids is 1. The standard InChI is InChI=1S/C18H21ClN2O2/c1-18(2)13-8-7-12(14(18)9-13)10-20-21-17(22)11-23-16-6-4-3-5-15(16)19/h3-7,10,13-14H,8-9,11H2,1-2H3,(H,21,22)/b20-10+. The average Bonchev–Trinajstić information content (AvgIpc) is 2.54. The lowest BCUT2D eigenvalue weighted by atomic mass is 9.49. The van der Waals surface area contributed by atoms with Gasteiger partial charge in [-0.25, -0.2) is 5.43 Å². The van der Waals surface area contributed by atoms with Crippen molar-refractivity contribution in [1.29, 1.82) is 0 Å². The number of carbonyl (C=O) groups is 1. The molecule has 122 valence electrons. The minimum atomic E-state index is -0.302. The Bertz CT molecular complexity index is 667. The van der Waals surface area contributed by atoms with Crippen LogP contribution in [0.25, 0.3) is 0 Å². The molecule has 5 heteroatoms. The van der Waals surface area contributed by atoms with Gasteiger partial charge in [0.1, 0.15) is 5.75 Å². The molecule has 0 aliphatic heterocycles. The van der Waals surface area contributed by atoms with E-state index in [-0.39, 0.29) is 12.5 Å². The summed E-state index contributed by atoms with van der Waals surface area (Å²) >= 11 is 5.97. The van der Waals surface area contributed by atoms with Crippen LogP contribution in [0.5, 0.6) is 5.75 Å². The van der Waals surface area contributed by atoms with E-state index in [9.17, 15) is 4.79 Å². The Morgan fingerprint density at radius 3 is 2.96 bits per heavy atom. The number of hydrogen-bond donors (Lipinski definition) is 1. The number of rotatable bonds is 5. The number of fused-ring (bicyclic) bond motifs is 1. The molecule has 1 N–H and O–H groups in total. The van der Waals surface area contributed by atoms with Crippen molar-refractivity contribution >= 4 is 23.7 Å². The Kier molecular flexibility index (Phi) is 4.44. The van der Waals surface area contributed by atoms with E-state index in [2.05, 4.69) is 30.5 Å². The number of allylic oxidation sites excluding steroid dienone is 2. The molecule has 3 aliphatic carbocycles. The number of halogens is 1. The molecule has 1 saturated carbocycles. The predicted octanol–water partition coefficient (Wildman–Crippen LogP) is 3.81. The highest BCUT2D eigenvalue weighted by atomic mass is 35.5. The highest BCUT2D eigenvalue weighted by Crippen LogP contribution is 2.58. The first-order valence-corrected chi connectivity index (χ1v) is 8.25. The highest BCUT2D eigenvalue weighted by molar-refractivity contribution is 6.32. The average molecular weight is 333 g/mol. The summed E-state index contributed by atoms with van der Waals surface area (Å²) in [6.07, 6.45) is 6.35. The first-order valence-electron chi connectivity index (χ1n) is 7.87. The zero-order chi connectivity index (χ0) is 16.4. The van der Waals surface area contributed by atoms with Crippen molar-refractivity contribution in [2.24, 2.45) is 22.4 Å². The molecule has 0 heterocycles. The quantitative estimate of drug-likeness (QED) is 0.658. The second-order valence-corrected chi connectivity index (χ2v) is 7.17. The van der Waals surface area contributed by atoms with E-state index in [1.54, 1.807) is 24.4 Å². The first-order chi connectivity index (χ1) is 11.0. The lowest BCUT2D eigenvalue weighted by Gasteiger charge is -2.55. The normalized spacial score (nSPS) is 24.7. The molecule has 4 nitrogen and oxygen atoms in total. The lowest BCUT2D eigenvalue weighted by Crippen LogP contribution is -2.48. The smallest absolute Gasteiger partial charge is 0.277 e. The maximum absolute atomic E-state index is 11.8. The molecule has 1 fully saturated rings. The third-order valence-corrected chi connectivity index (χ3v) is 5.42. The van der Waals surface area contributed by atoms with E-state index >= 15 is 0 Å². The molecule has 0 spiro atoms. The van der Waals surface area contributed by atoms with Crippen LogP contribution in [-0.2, 0) is 4.79 Å². The molecule has 3 aliphatic rings. The molecule has 0 radical (unpaired) electrons. The zero-order valence-corrected chi connectivity index (χ0v) is 14.1. The van der Waals surface area contributed by atoms with Crippen molar-refractivity contribution in [2.75, 3.05) is 6.61 Å². The number of hydrogen-bond acceptors (Lipinski definition) is 3. The SMILES string of the molecule is CC1(C)C2CC=C(/C=N/NC(=O)COc3ccccc3Cl)C1C2. The second kappa shape index (κ2) is 6.36. The minimum Gasteiger partial charge on any atom is -0.482 e. The number of ether oxygens (including phenoxy) is 1. The number of benzene rings is 1. The van der Waals surface area contributed by atoms with Gasteiger partial charge in [0.2, 0.25) is 0 Å². The molecule has 1 amide bonds. The lowest BCUT2D eigenvalue weighted by molar-refractivity contribution is -0.123. The fraction of sp³-hybridized carbons (Fsp3) is 0.444. The number of nitrogens with one attached hydrogen (secondary N) is 1. The van der Waals surface area contributed by atoms with Crippen LogP contribution in [0.4, 0.5) is 0 Å². The Morgan fingerprint density at radius 2 is 2.26 bits per heavy atom. The zero-order valence-electron chi connectivity index (χ0n) is 13.4. The molecule has 1 aromatic carbocycles. The van der Waals surface area contributed by atoms with Crippen molar-refractivity contribution in [1.82, 2.24) is 5.43 Å². The van der Waals surface area contributed by atoms with E-state index < -0.39 is 0 Å². The van der Waals surface area contributed by atoms with Crippen LogP contribution in [0.2, 0.25) is 5.02 Å². The number of amides is 1. The van der Waals surface area contributed by atoms with Gasteiger partial charge in [0.25, 0.3) is 5.91 Å². The van der Waals surface area contributed by atoms with E-state index in [1.807, 2.05) is 6.07 Å². The van der Waals surface area contributed by atoms with Crippen LogP contribution >= 0.6 is 11.6 Å². The predicted molar refractivity (Wildman–Crippen MR) is 91.7 cm³/mol. The van der Waals surface area contributed by atoms with Gasteiger partial charge in [0.15, 0.2) is 6.61 Å². The van der Waals surface area contributed by atoms with Gasteiger partial charge in [-0.05, 0) is 47.8 Å². The summed E-state index contributed by atoms with van der Waals surface area (Å²) in [6, 6.07) is 7.06. The van der Waals surface area contributed by atoms with E-state index in [0.29, 0.717) is 22.1 Å². The van der Waals surface area contributed by atoms with E-state index in [1.165, 1.54) is 12.0 Å². The fourth-order valence-electron chi connectivity index (χ4n) is 3.46. The first kappa shape index (κ1) is 16.1. The summed E-state index contributed by atoms with van der Waals surface area (Å²) in [7, 11) is 0. The molecule has 23 heavy (non-hydrogen) atoms. The fourth-order valence-corrected chi connectivity index (χ4v) is 3.65. The summed E-state index contributed by atoms with van der Waals surface area (Å²) in [4.78, 5) is 11.8. The summed E-state index contributed by atoms with van der Waals surface area (Å²) in [5, 5.41) is 4.55. The highest BCUT2D eigenvalue weighted by Gasteiger charge is 2.50. The van der Waals surface area contributed by atoms with Crippen molar-refractivity contribution in [3.63, 3.8) is 0 Å². The van der Waals surface area contributed by atoms with Crippen molar-refractivity contribution < 1.29 is 9.53 Å². The number of nitrogens with zero attached hydrogens (tertiary/aromatic N) is 1. The molecule has 2 unspecified atom stereocenters. The third-order valence-electron chi connectivity index (χ3n) is 5.11. The topological polar surface area (TPSA) is 50.7 Å². The van der Waals surface area contributed by atoms with Crippen molar-refractivity contribution in [2.45, 2.75) is 26.7 Å². The molecular formula is C18H21ClN2O2. The molecule has 1 aromatic rings. The van der Waals surface area contributed by atoms with Gasteiger partial charge in [-0.15, -0.1) is 0 Å². The largest absolute Gasteiger partial charge is 0.482 e. The maximum atomic E-state index is 11.8. The molecule has 0 aromatic heterocycles. The molecular weight excluding hydrogens is 312 g/mol. The van der Waals surface area contributed by atoms with Gasteiger partial charge in [-0.2, -0.15) is 5.10 Å². The second-order valence-electron chi connectivity index (χ2n) is 6.76. The van der Waals surface area contributed by atoms with Crippen molar-refractivity contribution in [3.8, 4) is 5.75 Å². The maximum Gasteiger partial charge on any atom is 0.277 e. The monoisotopic (exact) mass is 332 g/mol. The number of para-hydroxylation sites is 1. The van der Waals surface area contributed by atoms with Crippen LogP contribution in [0.15, 0.2) is 41.0 Å². The van der Waals surface area contributed by atoms with Gasteiger partial charge in [-0.1, -0.05) is 43.7 Å². The Hall–Kier alpha value is -1.81. The summed E-state index contributed by atoms with van der Waals surface area (Å²) in [6.45, 7) is 4.50. The van der Waals surface area contributed by atoms with Crippen LogP contribution in [0.3, 0.4) is 0 Å². The Balaban J connectivity index is 1.48. The third kappa shape index (κ3) is 3.27. The van der Waals surface area contributed by atoms with E-state index in [0.717, 1.165) is 12.3 Å². The van der Waals surface area contributed by atoms with Crippen molar-refractivity contribution in [3.05, 3.63) is 40.9 Å². The molecule has 2 atom stereocenters. The van der Waals surface area contributed by atoms with Gasteiger partial charge in [-0.3, -0.25) is 4.79 Å². The van der Waals surface area contributed by atoms with Crippen LogP contribution in [0.1, 0.15) is 26.7 Å².